The van der Waals surface area contributed by atoms with Gasteiger partial charge in [-0.1, -0.05) is 46.3 Å². The fourth-order valence-electron chi connectivity index (χ4n) is 2.00. The highest BCUT2D eigenvalue weighted by Gasteiger charge is 2.49. The van der Waals surface area contributed by atoms with Crippen LogP contribution in [0.15, 0.2) is 53.6 Å². The highest BCUT2D eigenvalue weighted by atomic mass is 79.9. The highest BCUT2D eigenvalue weighted by Crippen LogP contribution is 2.39. The second kappa shape index (κ2) is 5.41. The zero-order valence-corrected chi connectivity index (χ0v) is 11.8. The number of hydrogen-bond donors (Lipinski definition) is 1. The Kier molecular flexibility index (Phi) is 4.01. The minimum atomic E-state index is -2.03. The van der Waals surface area contributed by atoms with E-state index < -0.39 is 27.1 Å². The summed E-state index contributed by atoms with van der Waals surface area (Å²) in [6.07, 6.45) is 0.708. The number of nitrogens with two attached hydrogens (primary N) is 1. The summed E-state index contributed by atoms with van der Waals surface area (Å²) in [6, 6.07) is 6.98. The molecule has 2 rings (SSSR count). The molecule has 0 radical (unpaired) electrons. The van der Waals surface area contributed by atoms with Gasteiger partial charge in [0.2, 0.25) is 0 Å². The summed E-state index contributed by atoms with van der Waals surface area (Å²) in [5.41, 5.74) is 6.02. The van der Waals surface area contributed by atoms with Crippen molar-refractivity contribution in [3.63, 3.8) is 0 Å². The van der Waals surface area contributed by atoms with Gasteiger partial charge in [-0.25, -0.2) is 8.78 Å². The van der Waals surface area contributed by atoms with E-state index in [2.05, 4.69) is 15.9 Å². The number of nitro groups is 1. The molecule has 0 fully saturated rings. The summed E-state index contributed by atoms with van der Waals surface area (Å²) in [6.45, 7) is 0. The zero-order chi connectivity index (χ0) is 14.9. The first-order chi connectivity index (χ1) is 9.34. The first-order valence-electron chi connectivity index (χ1n) is 5.76. The van der Waals surface area contributed by atoms with Crippen LogP contribution in [-0.4, -0.2) is 15.4 Å². The first kappa shape index (κ1) is 14.8. The Morgan fingerprint density at radius 3 is 2.50 bits per heavy atom. The molecule has 0 saturated heterocycles. The second-order valence-corrected chi connectivity index (χ2v) is 5.78. The van der Waals surface area contributed by atoms with Crippen LogP contribution in [0.1, 0.15) is 5.56 Å². The Labute approximate surface area is 122 Å². The lowest BCUT2D eigenvalue weighted by Crippen LogP contribution is -2.51. The maximum Gasteiger partial charge on any atom is 0.268 e. The summed E-state index contributed by atoms with van der Waals surface area (Å²) in [7, 11) is 0. The van der Waals surface area contributed by atoms with E-state index >= 15 is 0 Å². The van der Waals surface area contributed by atoms with Crippen LogP contribution in [0.25, 0.3) is 0 Å². The molecule has 1 aliphatic carbocycles. The van der Waals surface area contributed by atoms with E-state index in [1.807, 2.05) is 0 Å². The Bertz CT molecular complexity index is 600. The van der Waals surface area contributed by atoms with Crippen LogP contribution in [0.2, 0.25) is 0 Å². The summed E-state index contributed by atoms with van der Waals surface area (Å²) in [5, 5.41) is 10.8. The predicted octanol–water partition coefficient (Wildman–Crippen LogP) is 3.01. The summed E-state index contributed by atoms with van der Waals surface area (Å²) in [4.78, 5) is 9.99. The minimum Gasteiger partial charge on any atom is -0.304 e. The van der Waals surface area contributed by atoms with E-state index in [0.29, 0.717) is 5.56 Å². The lowest BCUT2D eigenvalue weighted by atomic mass is 9.92. The van der Waals surface area contributed by atoms with Gasteiger partial charge >= 0.3 is 0 Å². The Morgan fingerprint density at radius 2 is 1.95 bits per heavy atom. The molecule has 2 atom stereocenters. The van der Waals surface area contributed by atoms with Gasteiger partial charge in [-0.2, -0.15) is 0 Å². The van der Waals surface area contributed by atoms with E-state index in [0.717, 1.165) is 6.08 Å². The van der Waals surface area contributed by atoms with Crippen LogP contribution in [0, 0.1) is 10.1 Å². The van der Waals surface area contributed by atoms with E-state index in [4.69, 9.17) is 5.73 Å². The van der Waals surface area contributed by atoms with Gasteiger partial charge in [0, 0.05) is 23.0 Å². The van der Waals surface area contributed by atoms with Gasteiger partial charge in [-0.3, -0.25) is 10.1 Å². The largest absolute Gasteiger partial charge is 0.304 e. The van der Waals surface area contributed by atoms with E-state index in [1.54, 1.807) is 30.3 Å². The van der Waals surface area contributed by atoms with Gasteiger partial charge < -0.3 is 5.73 Å². The molecule has 0 amide bonds. The van der Waals surface area contributed by atoms with Crippen molar-refractivity contribution >= 4 is 15.9 Å². The smallest absolute Gasteiger partial charge is 0.268 e. The Morgan fingerprint density at radius 1 is 1.35 bits per heavy atom. The average molecular weight is 345 g/mol. The van der Waals surface area contributed by atoms with E-state index in [9.17, 15) is 18.9 Å². The average Bonchev–Trinajstić information content (AvgIpc) is 2.40. The molecule has 4 nitrogen and oxygen atoms in total. The first-order valence-corrected chi connectivity index (χ1v) is 6.55. The maximum atomic E-state index is 14.3. The summed E-state index contributed by atoms with van der Waals surface area (Å²) < 4.78 is 26.2. The normalized spacial score (nSPS) is 26.4. The number of nitrogens with zero attached hydrogens (tertiary/aromatic N) is 1. The number of hydrogen-bond acceptors (Lipinski definition) is 3. The van der Waals surface area contributed by atoms with Crippen molar-refractivity contribution in [2.24, 2.45) is 5.73 Å². The van der Waals surface area contributed by atoms with Crippen molar-refractivity contribution in [3.8, 4) is 0 Å². The van der Waals surface area contributed by atoms with Gasteiger partial charge in [-0.15, -0.1) is 0 Å². The number of allylic oxidation sites excluding steroid dienone is 2. The third-order valence-corrected chi connectivity index (χ3v) is 3.89. The fourth-order valence-corrected chi connectivity index (χ4v) is 2.54. The summed E-state index contributed by atoms with van der Waals surface area (Å²) in [5.74, 6) is -2.00. The van der Waals surface area contributed by atoms with Crippen LogP contribution in [0.4, 0.5) is 8.78 Å². The van der Waals surface area contributed by atoms with Gasteiger partial charge in [-0.05, 0) is 5.56 Å². The molecule has 0 bridgehead atoms. The molecular formula is C13H11BrF2N2O2. The molecular weight excluding hydrogens is 334 g/mol. The standard InChI is InChI=1S/C13H11BrF2N2O2/c14-13(17)11(18(19)20)7-10(15)9(12(13)16)6-8-4-2-1-3-5-8/h1-5,7,11H,6,17H2. The molecule has 1 aromatic rings. The van der Waals surface area contributed by atoms with Crippen molar-refractivity contribution in [2.45, 2.75) is 16.9 Å². The zero-order valence-electron chi connectivity index (χ0n) is 10.2. The van der Waals surface area contributed by atoms with Crippen LogP contribution >= 0.6 is 15.9 Å². The van der Waals surface area contributed by atoms with Crippen molar-refractivity contribution in [1.82, 2.24) is 0 Å². The molecule has 20 heavy (non-hydrogen) atoms. The lowest BCUT2D eigenvalue weighted by Gasteiger charge is -2.28. The van der Waals surface area contributed by atoms with Crippen molar-refractivity contribution < 1.29 is 13.7 Å². The monoisotopic (exact) mass is 344 g/mol. The Hall–Kier alpha value is -1.60. The van der Waals surface area contributed by atoms with Gasteiger partial charge in [0.15, 0.2) is 4.45 Å². The van der Waals surface area contributed by atoms with Crippen LogP contribution in [0.5, 0.6) is 0 Å². The van der Waals surface area contributed by atoms with Crippen LogP contribution in [-0.2, 0) is 6.42 Å². The molecule has 0 aliphatic heterocycles. The summed E-state index contributed by atoms with van der Waals surface area (Å²) >= 11 is 2.80. The number of alkyl halides is 1. The number of halogens is 3. The van der Waals surface area contributed by atoms with Crippen molar-refractivity contribution in [3.05, 3.63) is 69.3 Å². The quantitative estimate of drug-likeness (QED) is 0.396. The van der Waals surface area contributed by atoms with Crippen LogP contribution in [0.3, 0.4) is 0 Å². The molecule has 0 spiro atoms. The predicted molar refractivity (Wildman–Crippen MR) is 74.1 cm³/mol. The molecule has 0 aromatic heterocycles. The van der Waals surface area contributed by atoms with Gasteiger partial charge in [0.25, 0.3) is 6.04 Å². The topological polar surface area (TPSA) is 69.2 Å². The second-order valence-electron chi connectivity index (χ2n) is 4.47. The maximum absolute atomic E-state index is 14.3. The molecule has 7 heteroatoms. The molecule has 2 unspecified atom stereocenters. The van der Waals surface area contributed by atoms with Crippen LogP contribution < -0.4 is 5.73 Å². The molecule has 0 saturated carbocycles. The lowest BCUT2D eigenvalue weighted by molar-refractivity contribution is -0.513. The third-order valence-electron chi connectivity index (χ3n) is 3.08. The molecule has 1 aliphatic rings. The molecule has 106 valence electrons. The third kappa shape index (κ3) is 2.64. The Balaban J connectivity index is 2.40. The van der Waals surface area contributed by atoms with Gasteiger partial charge in [0.05, 0.1) is 0 Å². The fraction of sp³-hybridized carbons (Fsp3) is 0.231. The highest BCUT2D eigenvalue weighted by molar-refractivity contribution is 9.10. The molecule has 1 aromatic carbocycles. The SMILES string of the molecule is NC1(Br)C(F)=C(Cc2ccccc2)C(F)=CC1[N+](=O)[O-]. The minimum absolute atomic E-state index is 0.0238. The molecule has 2 N–H and O–H groups in total. The number of rotatable bonds is 3. The van der Waals surface area contributed by atoms with Gasteiger partial charge in [0.1, 0.15) is 11.7 Å². The number of benzene rings is 1. The van der Waals surface area contributed by atoms with E-state index in [1.165, 1.54) is 0 Å². The molecule has 0 heterocycles. The van der Waals surface area contributed by atoms with E-state index in [-0.39, 0.29) is 12.0 Å². The van der Waals surface area contributed by atoms with Crippen molar-refractivity contribution in [1.29, 1.82) is 0 Å². The van der Waals surface area contributed by atoms with Crippen molar-refractivity contribution in [2.75, 3.05) is 0 Å².